The summed E-state index contributed by atoms with van der Waals surface area (Å²) in [7, 11) is 3.24. The number of amides is 3. The predicted octanol–water partition coefficient (Wildman–Crippen LogP) is 3.34. The van der Waals surface area contributed by atoms with Gasteiger partial charge in [0.15, 0.2) is 0 Å². The maximum absolute atomic E-state index is 13.3. The highest BCUT2D eigenvalue weighted by Gasteiger charge is 2.33. The van der Waals surface area contributed by atoms with Crippen LogP contribution in [0.5, 0.6) is 0 Å². The fraction of sp³-hybridized carbons (Fsp3) is 0.484. The first-order valence-corrected chi connectivity index (χ1v) is 15.3. The summed E-state index contributed by atoms with van der Waals surface area (Å²) in [5.41, 5.74) is 7.55. The largest absolute Gasteiger partial charge is 0.399 e. The van der Waals surface area contributed by atoms with Crippen LogP contribution in [0.25, 0.3) is 0 Å². The number of primary amides is 1. The highest BCUT2D eigenvalue weighted by Crippen LogP contribution is 2.26. The van der Waals surface area contributed by atoms with E-state index in [-0.39, 0.29) is 43.4 Å². The Hall–Kier alpha value is -3.18. The molecule has 2 aromatic carbocycles. The van der Waals surface area contributed by atoms with Crippen molar-refractivity contribution in [3.63, 3.8) is 0 Å². The first kappa shape index (κ1) is 32.7. The third-order valence-corrected chi connectivity index (χ3v) is 8.55. The van der Waals surface area contributed by atoms with Gasteiger partial charge >= 0.3 is 0 Å². The molecule has 0 spiro atoms. The molecule has 4 rings (SSSR count). The van der Waals surface area contributed by atoms with Crippen molar-refractivity contribution in [1.82, 2.24) is 19.6 Å². The Labute approximate surface area is 263 Å². The number of nitrogens with two attached hydrogens (primary N) is 1. The molecule has 1 unspecified atom stereocenters. The molecule has 43 heavy (non-hydrogen) atoms. The molecule has 2 aliphatic rings. The van der Waals surface area contributed by atoms with Gasteiger partial charge in [0.1, 0.15) is 7.11 Å². The number of likely N-dealkylation sites (tertiary alicyclic amines) is 1. The lowest BCUT2D eigenvalue weighted by Gasteiger charge is -2.42. The second-order valence-corrected chi connectivity index (χ2v) is 12.0. The van der Waals surface area contributed by atoms with Crippen molar-refractivity contribution in [3.05, 3.63) is 69.7 Å². The Bertz CT molecular complexity index is 1280. The van der Waals surface area contributed by atoms with Gasteiger partial charge in [-0.05, 0) is 49.6 Å². The monoisotopic (exact) mass is 630 g/mol. The molecule has 2 saturated heterocycles. The Morgan fingerprint density at radius 1 is 1.05 bits per heavy atom. The van der Waals surface area contributed by atoms with E-state index in [1.807, 2.05) is 28.0 Å². The Kier molecular flexibility index (Phi) is 11.8. The number of benzene rings is 2. The molecule has 2 heterocycles. The lowest BCUT2D eigenvalue weighted by atomic mass is 9.89. The van der Waals surface area contributed by atoms with Crippen LogP contribution in [-0.4, -0.2) is 116 Å². The summed E-state index contributed by atoms with van der Waals surface area (Å²) >= 11 is 12.3. The van der Waals surface area contributed by atoms with Crippen molar-refractivity contribution < 1.29 is 19.2 Å². The number of oxime groups is 1. The Morgan fingerprint density at radius 2 is 1.72 bits per heavy atom. The third-order valence-electron chi connectivity index (χ3n) is 8.12. The van der Waals surface area contributed by atoms with Gasteiger partial charge in [-0.25, -0.2) is 0 Å². The van der Waals surface area contributed by atoms with E-state index in [0.717, 1.165) is 50.2 Å². The lowest BCUT2D eigenvalue weighted by molar-refractivity contribution is -0.140. The summed E-state index contributed by atoms with van der Waals surface area (Å²) in [6.07, 6.45) is 2.58. The summed E-state index contributed by atoms with van der Waals surface area (Å²) in [5, 5.41) is 5.19. The van der Waals surface area contributed by atoms with Gasteiger partial charge in [-0.15, -0.1) is 0 Å². The van der Waals surface area contributed by atoms with E-state index in [9.17, 15) is 14.4 Å². The van der Waals surface area contributed by atoms with Crippen LogP contribution in [0.3, 0.4) is 0 Å². The van der Waals surface area contributed by atoms with E-state index in [1.165, 1.54) is 7.11 Å². The van der Waals surface area contributed by atoms with Gasteiger partial charge in [0, 0.05) is 60.8 Å². The topological polar surface area (TPSA) is 112 Å². The van der Waals surface area contributed by atoms with Crippen LogP contribution in [0, 0.1) is 0 Å². The number of piperazine rings is 1. The molecule has 2 N–H and O–H groups in total. The molecule has 0 aromatic heterocycles. The molecule has 0 radical (unpaired) electrons. The van der Waals surface area contributed by atoms with E-state index in [1.54, 1.807) is 30.1 Å². The number of hydrogen-bond donors (Lipinski definition) is 1. The minimum atomic E-state index is -0.411. The van der Waals surface area contributed by atoms with E-state index >= 15 is 0 Å². The molecule has 2 aromatic rings. The number of carbonyl (C=O) groups excluding carboxylic acids is 3. The number of carbonyl (C=O) groups is 3. The van der Waals surface area contributed by atoms with Crippen LogP contribution < -0.4 is 5.73 Å². The van der Waals surface area contributed by atoms with Gasteiger partial charge in [0.25, 0.3) is 5.91 Å². The second kappa shape index (κ2) is 15.5. The predicted molar refractivity (Wildman–Crippen MR) is 168 cm³/mol. The summed E-state index contributed by atoms with van der Waals surface area (Å²) in [5.74, 6) is -0.635. The van der Waals surface area contributed by atoms with E-state index < -0.39 is 5.91 Å². The lowest BCUT2D eigenvalue weighted by Crippen LogP contribution is -2.57. The molecule has 0 bridgehead atoms. The molecule has 0 aliphatic carbocycles. The molecule has 0 saturated carbocycles. The summed E-state index contributed by atoms with van der Waals surface area (Å²) in [6.45, 7) is 4.50. The van der Waals surface area contributed by atoms with E-state index in [2.05, 4.69) is 22.2 Å². The van der Waals surface area contributed by atoms with Crippen LogP contribution in [0.2, 0.25) is 10.0 Å². The van der Waals surface area contributed by atoms with Crippen molar-refractivity contribution in [2.45, 2.75) is 31.2 Å². The van der Waals surface area contributed by atoms with E-state index in [4.69, 9.17) is 33.8 Å². The molecule has 1 atom stereocenters. The normalized spacial score (nSPS) is 18.0. The van der Waals surface area contributed by atoms with Crippen molar-refractivity contribution in [2.75, 3.05) is 66.5 Å². The summed E-state index contributed by atoms with van der Waals surface area (Å²) < 4.78 is 0. The van der Waals surface area contributed by atoms with E-state index in [0.29, 0.717) is 28.7 Å². The minimum Gasteiger partial charge on any atom is -0.399 e. The van der Waals surface area contributed by atoms with Gasteiger partial charge in [0.2, 0.25) is 11.8 Å². The highest BCUT2D eigenvalue weighted by atomic mass is 35.5. The van der Waals surface area contributed by atoms with Gasteiger partial charge in [-0.2, -0.15) is 0 Å². The van der Waals surface area contributed by atoms with Crippen molar-refractivity contribution in [3.8, 4) is 0 Å². The number of hydrogen-bond acceptors (Lipinski definition) is 7. The standard InChI is InChI=1S/C31H40Cl2N6O4/c1-36(31(42)23-16-24(32)18-25(33)17-23)19-28(35-43-2)27(22-6-4-3-5-7-22)10-13-37-11-8-26(9-12-37)39-15-14-38(20-29(34)40)21-30(39)41/h3-7,16-18,26-27H,8-15,19-21H2,1-2H3,(H2,34,40)/b35-28+. The number of piperidine rings is 1. The molecular weight excluding hydrogens is 591 g/mol. The SMILES string of the molecule is CO/N=C(\CN(C)C(=O)c1cc(Cl)cc(Cl)c1)C(CCN1CCC(N2CCN(CC(N)=O)CC2=O)CC1)c1ccccc1. The van der Waals surface area contributed by atoms with Crippen LogP contribution in [0.15, 0.2) is 53.7 Å². The first-order chi connectivity index (χ1) is 20.6. The zero-order valence-corrected chi connectivity index (χ0v) is 26.3. The molecule has 3 amide bonds. The third kappa shape index (κ3) is 9.15. The fourth-order valence-electron chi connectivity index (χ4n) is 5.99. The fourth-order valence-corrected chi connectivity index (χ4v) is 6.51. The average Bonchev–Trinajstić information content (AvgIpc) is 2.97. The van der Waals surface area contributed by atoms with Crippen LogP contribution >= 0.6 is 23.2 Å². The smallest absolute Gasteiger partial charge is 0.254 e. The van der Waals surface area contributed by atoms with Crippen LogP contribution in [0.1, 0.15) is 41.1 Å². The molecule has 10 nitrogen and oxygen atoms in total. The van der Waals surface area contributed by atoms with Crippen molar-refractivity contribution in [1.29, 1.82) is 0 Å². The average molecular weight is 632 g/mol. The summed E-state index contributed by atoms with van der Waals surface area (Å²) in [6, 6.07) is 15.1. The molecule has 2 fully saturated rings. The maximum Gasteiger partial charge on any atom is 0.254 e. The van der Waals surface area contributed by atoms with Gasteiger partial charge in [-0.3, -0.25) is 19.3 Å². The van der Waals surface area contributed by atoms with Gasteiger partial charge in [0.05, 0.1) is 25.3 Å². The van der Waals surface area contributed by atoms with Crippen LogP contribution in [-0.2, 0) is 14.4 Å². The van der Waals surface area contributed by atoms with Crippen molar-refractivity contribution >= 4 is 46.6 Å². The molecular formula is C31H40Cl2N6O4. The maximum atomic E-state index is 13.3. The molecule has 232 valence electrons. The Balaban J connectivity index is 1.38. The number of nitrogens with zero attached hydrogens (tertiary/aromatic N) is 5. The van der Waals surface area contributed by atoms with Gasteiger partial charge < -0.3 is 25.3 Å². The Morgan fingerprint density at radius 3 is 2.33 bits per heavy atom. The highest BCUT2D eigenvalue weighted by molar-refractivity contribution is 6.35. The van der Waals surface area contributed by atoms with Crippen LogP contribution in [0.4, 0.5) is 0 Å². The van der Waals surface area contributed by atoms with Gasteiger partial charge in [-0.1, -0.05) is 58.7 Å². The number of rotatable bonds is 12. The zero-order chi connectivity index (χ0) is 30.9. The second-order valence-electron chi connectivity index (χ2n) is 11.2. The molecule has 12 heteroatoms. The number of halogens is 2. The van der Waals surface area contributed by atoms with Crippen molar-refractivity contribution in [2.24, 2.45) is 10.9 Å². The minimum absolute atomic E-state index is 0.0641. The molecule has 2 aliphatic heterocycles. The zero-order valence-electron chi connectivity index (χ0n) is 24.8. The summed E-state index contributed by atoms with van der Waals surface area (Å²) in [4.78, 5) is 50.4. The quantitative estimate of drug-likeness (QED) is 0.284. The first-order valence-electron chi connectivity index (χ1n) is 14.5.